The van der Waals surface area contributed by atoms with E-state index in [1.54, 1.807) is 0 Å². The molecule has 0 aromatic carbocycles. The molecule has 0 aromatic rings. The summed E-state index contributed by atoms with van der Waals surface area (Å²) in [6.45, 7) is 7.94. The van der Waals surface area contributed by atoms with E-state index >= 15 is 0 Å². The Bertz CT molecular complexity index is 166. The molecular weight excluding hydrogens is 172 g/mol. The number of hydrogen-bond donors (Lipinski definition) is 1. The number of likely N-dealkylation sites (tertiary alicyclic amines) is 1. The van der Waals surface area contributed by atoms with Crippen LogP contribution in [0, 0.1) is 11.3 Å². The van der Waals surface area contributed by atoms with Crippen LogP contribution in [0.15, 0.2) is 0 Å². The fourth-order valence-corrected chi connectivity index (χ4v) is 2.47. The molecule has 0 aromatic heterocycles. The van der Waals surface area contributed by atoms with Crippen LogP contribution < -0.4 is 5.73 Å². The fourth-order valence-electron chi connectivity index (χ4n) is 2.47. The van der Waals surface area contributed by atoms with Crippen molar-refractivity contribution in [1.82, 2.24) is 4.90 Å². The minimum Gasteiger partial charge on any atom is -0.330 e. The molecule has 0 amide bonds. The molecule has 1 aliphatic heterocycles. The average Bonchev–Trinajstić information content (AvgIpc) is 2.29. The first-order chi connectivity index (χ1) is 6.53. The van der Waals surface area contributed by atoms with E-state index in [4.69, 9.17) is 5.73 Å². The smallest absolute Gasteiger partial charge is 0.000681 e. The molecule has 2 N–H and O–H groups in total. The summed E-state index contributed by atoms with van der Waals surface area (Å²) >= 11 is 0. The minimum absolute atomic E-state index is 0.329. The first kappa shape index (κ1) is 12.0. The van der Waals surface area contributed by atoms with E-state index < -0.39 is 0 Å². The Kier molecular flexibility index (Phi) is 4.39. The highest BCUT2D eigenvalue weighted by atomic mass is 15.1. The van der Waals surface area contributed by atoms with E-state index in [2.05, 4.69) is 25.8 Å². The molecule has 1 unspecified atom stereocenters. The Morgan fingerprint density at radius 1 is 1.36 bits per heavy atom. The zero-order chi connectivity index (χ0) is 10.6. The van der Waals surface area contributed by atoms with E-state index in [0.29, 0.717) is 5.41 Å². The van der Waals surface area contributed by atoms with Crippen molar-refractivity contribution in [2.24, 2.45) is 17.1 Å². The highest BCUT2D eigenvalue weighted by Gasteiger charge is 2.23. The summed E-state index contributed by atoms with van der Waals surface area (Å²) in [6.07, 6.45) is 5.45. The van der Waals surface area contributed by atoms with Gasteiger partial charge in [0, 0.05) is 6.54 Å². The van der Waals surface area contributed by atoms with Crippen LogP contribution in [0.4, 0.5) is 0 Å². The van der Waals surface area contributed by atoms with Crippen LogP contribution in [0.5, 0.6) is 0 Å². The average molecular weight is 198 g/mol. The van der Waals surface area contributed by atoms with E-state index in [1.165, 1.54) is 38.8 Å². The zero-order valence-electron chi connectivity index (χ0n) is 10.1. The van der Waals surface area contributed by atoms with Crippen molar-refractivity contribution in [2.45, 2.75) is 39.5 Å². The van der Waals surface area contributed by atoms with E-state index in [-0.39, 0.29) is 0 Å². The number of rotatable bonds is 3. The van der Waals surface area contributed by atoms with Crippen LogP contribution in [-0.2, 0) is 0 Å². The Labute approximate surface area is 88.8 Å². The van der Waals surface area contributed by atoms with Gasteiger partial charge in [-0.3, -0.25) is 0 Å². The van der Waals surface area contributed by atoms with Gasteiger partial charge < -0.3 is 10.6 Å². The molecule has 1 atom stereocenters. The van der Waals surface area contributed by atoms with Crippen molar-refractivity contribution in [3.8, 4) is 0 Å². The SMILES string of the molecule is CN1CCCCC(CC(C)(C)CN)C1. The number of hydrogen-bond acceptors (Lipinski definition) is 2. The molecule has 1 fully saturated rings. The molecule has 1 aliphatic rings. The van der Waals surface area contributed by atoms with Gasteiger partial charge in [-0.15, -0.1) is 0 Å². The third kappa shape index (κ3) is 3.97. The standard InChI is InChI=1S/C12H26N2/c1-12(2,10-13)8-11-6-4-5-7-14(3)9-11/h11H,4-10,13H2,1-3H3. The lowest BCUT2D eigenvalue weighted by Gasteiger charge is -2.29. The molecule has 2 heteroatoms. The quantitative estimate of drug-likeness (QED) is 0.752. The predicted octanol–water partition coefficient (Wildman–Crippen LogP) is 2.09. The lowest BCUT2D eigenvalue weighted by atomic mass is 9.81. The molecule has 14 heavy (non-hydrogen) atoms. The van der Waals surface area contributed by atoms with E-state index in [0.717, 1.165) is 12.5 Å². The summed E-state index contributed by atoms with van der Waals surface area (Å²) in [5.41, 5.74) is 6.11. The van der Waals surface area contributed by atoms with Gasteiger partial charge in [-0.1, -0.05) is 20.3 Å². The summed E-state index contributed by atoms with van der Waals surface area (Å²) in [4.78, 5) is 2.48. The van der Waals surface area contributed by atoms with Gasteiger partial charge in [0.1, 0.15) is 0 Å². The first-order valence-corrected chi connectivity index (χ1v) is 5.92. The molecular formula is C12H26N2. The van der Waals surface area contributed by atoms with Crippen LogP contribution in [0.3, 0.4) is 0 Å². The van der Waals surface area contributed by atoms with Crippen molar-refractivity contribution in [2.75, 3.05) is 26.7 Å². The molecule has 1 rings (SSSR count). The second kappa shape index (κ2) is 5.13. The van der Waals surface area contributed by atoms with E-state index in [9.17, 15) is 0 Å². The summed E-state index contributed by atoms with van der Waals surface area (Å²) in [5, 5.41) is 0. The lowest BCUT2D eigenvalue weighted by Crippen LogP contribution is -2.31. The third-order valence-corrected chi connectivity index (χ3v) is 3.37. The van der Waals surface area contributed by atoms with Gasteiger partial charge in [-0.25, -0.2) is 0 Å². The van der Waals surface area contributed by atoms with Gasteiger partial charge in [0.05, 0.1) is 0 Å². The summed E-state index contributed by atoms with van der Waals surface area (Å²) in [6, 6.07) is 0. The molecule has 0 aliphatic carbocycles. The zero-order valence-corrected chi connectivity index (χ0v) is 10.1. The van der Waals surface area contributed by atoms with Gasteiger partial charge >= 0.3 is 0 Å². The molecule has 0 saturated carbocycles. The summed E-state index contributed by atoms with van der Waals surface area (Å²) in [5.74, 6) is 0.862. The van der Waals surface area contributed by atoms with Gasteiger partial charge in [-0.05, 0) is 50.7 Å². The topological polar surface area (TPSA) is 29.3 Å². The van der Waals surface area contributed by atoms with Crippen LogP contribution in [0.25, 0.3) is 0 Å². The normalized spacial score (nSPS) is 26.1. The first-order valence-electron chi connectivity index (χ1n) is 5.92. The summed E-state index contributed by atoms with van der Waals surface area (Å²) in [7, 11) is 2.24. The van der Waals surface area contributed by atoms with Crippen LogP contribution in [-0.4, -0.2) is 31.6 Å². The predicted molar refractivity (Wildman–Crippen MR) is 62.3 cm³/mol. The Morgan fingerprint density at radius 2 is 2.07 bits per heavy atom. The molecule has 0 spiro atoms. The van der Waals surface area contributed by atoms with Crippen molar-refractivity contribution in [3.63, 3.8) is 0 Å². The maximum atomic E-state index is 5.78. The Hall–Kier alpha value is -0.0800. The molecule has 2 nitrogen and oxygen atoms in total. The number of nitrogens with zero attached hydrogens (tertiary/aromatic N) is 1. The minimum atomic E-state index is 0.329. The molecule has 1 heterocycles. The van der Waals surface area contributed by atoms with Gasteiger partial charge in [0.15, 0.2) is 0 Å². The van der Waals surface area contributed by atoms with Gasteiger partial charge in [0.25, 0.3) is 0 Å². The van der Waals surface area contributed by atoms with Crippen molar-refractivity contribution < 1.29 is 0 Å². The largest absolute Gasteiger partial charge is 0.330 e. The third-order valence-electron chi connectivity index (χ3n) is 3.37. The van der Waals surface area contributed by atoms with Crippen LogP contribution in [0.2, 0.25) is 0 Å². The monoisotopic (exact) mass is 198 g/mol. The second-order valence-corrected chi connectivity index (χ2v) is 5.70. The maximum absolute atomic E-state index is 5.78. The molecule has 84 valence electrons. The lowest BCUT2D eigenvalue weighted by molar-refractivity contribution is 0.221. The Balaban J connectivity index is 2.42. The summed E-state index contributed by atoms with van der Waals surface area (Å²) < 4.78 is 0. The Morgan fingerprint density at radius 3 is 2.71 bits per heavy atom. The van der Waals surface area contributed by atoms with Crippen LogP contribution in [0.1, 0.15) is 39.5 Å². The van der Waals surface area contributed by atoms with Crippen molar-refractivity contribution in [3.05, 3.63) is 0 Å². The highest BCUT2D eigenvalue weighted by Crippen LogP contribution is 2.29. The van der Waals surface area contributed by atoms with Crippen LogP contribution >= 0.6 is 0 Å². The van der Waals surface area contributed by atoms with E-state index in [1.807, 2.05) is 0 Å². The molecule has 0 radical (unpaired) electrons. The van der Waals surface area contributed by atoms with Gasteiger partial charge in [-0.2, -0.15) is 0 Å². The van der Waals surface area contributed by atoms with Gasteiger partial charge in [0.2, 0.25) is 0 Å². The second-order valence-electron chi connectivity index (χ2n) is 5.70. The highest BCUT2D eigenvalue weighted by molar-refractivity contribution is 4.77. The molecule has 0 bridgehead atoms. The fraction of sp³-hybridized carbons (Fsp3) is 1.00. The molecule has 1 saturated heterocycles. The number of nitrogens with two attached hydrogens (primary N) is 1. The maximum Gasteiger partial charge on any atom is 0.000681 e. The van der Waals surface area contributed by atoms with Crippen molar-refractivity contribution in [1.29, 1.82) is 0 Å². The van der Waals surface area contributed by atoms with Crippen molar-refractivity contribution >= 4 is 0 Å².